The Morgan fingerprint density at radius 1 is 1.18 bits per heavy atom. The number of hydrogen-bond acceptors (Lipinski definition) is 1. The van der Waals surface area contributed by atoms with Crippen LogP contribution in [0.4, 0.5) is 0 Å². The molecule has 0 aromatic heterocycles. The highest BCUT2D eigenvalue weighted by Crippen LogP contribution is 2.18. The minimum absolute atomic E-state index is 0.836. The van der Waals surface area contributed by atoms with Crippen molar-refractivity contribution in [3.63, 3.8) is 0 Å². The van der Waals surface area contributed by atoms with Crippen molar-refractivity contribution in [1.29, 1.82) is 0 Å². The van der Waals surface area contributed by atoms with Gasteiger partial charge in [0.2, 0.25) is 0 Å². The van der Waals surface area contributed by atoms with E-state index in [9.17, 15) is 0 Å². The number of allylic oxidation sites excluding steroid dienone is 1. The fourth-order valence-corrected chi connectivity index (χ4v) is 1.93. The Hall–Kier alpha value is -1.08. The first-order valence-electron chi connectivity index (χ1n) is 6.70. The molecule has 2 rings (SSSR count). The van der Waals surface area contributed by atoms with E-state index in [1.165, 1.54) is 29.5 Å². The van der Waals surface area contributed by atoms with Crippen LogP contribution < -0.4 is 5.32 Å². The summed E-state index contributed by atoms with van der Waals surface area (Å²) in [7, 11) is 0. The molecule has 17 heavy (non-hydrogen) atoms. The molecule has 92 valence electrons. The third kappa shape index (κ3) is 4.35. The van der Waals surface area contributed by atoms with Crippen molar-refractivity contribution in [2.45, 2.75) is 45.6 Å². The van der Waals surface area contributed by atoms with Crippen LogP contribution in [-0.2, 0) is 6.42 Å². The van der Waals surface area contributed by atoms with Gasteiger partial charge in [-0.05, 0) is 62.8 Å². The summed E-state index contributed by atoms with van der Waals surface area (Å²) in [5, 5.41) is 3.52. The molecule has 1 aromatic carbocycles. The van der Waals surface area contributed by atoms with Gasteiger partial charge in [-0.15, -0.1) is 0 Å². The Morgan fingerprint density at radius 3 is 2.71 bits per heavy atom. The molecule has 1 aliphatic rings. The van der Waals surface area contributed by atoms with Gasteiger partial charge in [-0.2, -0.15) is 0 Å². The van der Waals surface area contributed by atoms with Crippen molar-refractivity contribution in [2.75, 3.05) is 6.54 Å². The van der Waals surface area contributed by atoms with E-state index in [1.54, 1.807) is 0 Å². The van der Waals surface area contributed by atoms with Crippen LogP contribution >= 0.6 is 0 Å². The van der Waals surface area contributed by atoms with Gasteiger partial charge in [-0.25, -0.2) is 0 Å². The molecule has 1 nitrogen and oxygen atoms in total. The number of rotatable bonds is 6. The zero-order valence-corrected chi connectivity index (χ0v) is 11.0. The minimum atomic E-state index is 0.836. The van der Waals surface area contributed by atoms with Crippen molar-refractivity contribution >= 4 is 0 Å². The number of aryl methyl sites for hydroxylation is 2. The van der Waals surface area contributed by atoms with Gasteiger partial charge in [0, 0.05) is 6.04 Å². The monoisotopic (exact) mass is 229 g/mol. The predicted octanol–water partition coefficient (Wildman–Crippen LogP) is 3.54. The predicted molar refractivity (Wildman–Crippen MR) is 74.4 cm³/mol. The molecule has 0 unspecified atom stereocenters. The summed E-state index contributed by atoms with van der Waals surface area (Å²) in [4.78, 5) is 0. The van der Waals surface area contributed by atoms with E-state index in [1.807, 2.05) is 0 Å². The van der Waals surface area contributed by atoms with E-state index in [-0.39, 0.29) is 0 Å². The first kappa shape index (κ1) is 12.4. The molecule has 1 heteroatoms. The van der Waals surface area contributed by atoms with Crippen LogP contribution in [0.5, 0.6) is 0 Å². The van der Waals surface area contributed by atoms with Crippen LogP contribution in [0.25, 0.3) is 0 Å². The van der Waals surface area contributed by atoms with Crippen LogP contribution in [0.2, 0.25) is 0 Å². The molecular weight excluding hydrogens is 206 g/mol. The second-order valence-electron chi connectivity index (χ2n) is 5.11. The van der Waals surface area contributed by atoms with Crippen LogP contribution in [-0.4, -0.2) is 12.6 Å². The summed E-state index contributed by atoms with van der Waals surface area (Å²) >= 11 is 0. The Bertz CT molecular complexity index is 389. The van der Waals surface area contributed by atoms with Gasteiger partial charge in [0.15, 0.2) is 0 Å². The first-order valence-corrected chi connectivity index (χ1v) is 6.70. The van der Waals surface area contributed by atoms with Crippen molar-refractivity contribution in [1.82, 2.24) is 5.32 Å². The number of nitrogens with one attached hydrogen (secondary N) is 1. The maximum absolute atomic E-state index is 3.52. The van der Waals surface area contributed by atoms with Gasteiger partial charge in [0.1, 0.15) is 0 Å². The summed E-state index contributed by atoms with van der Waals surface area (Å²) in [6.07, 6.45) is 9.56. The van der Waals surface area contributed by atoms with E-state index in [2.05, 4.69) is 49.5 Å². The van der Waals surface area contributed by atoms with Gasteiger partial charge < -0.3 is 5.32 Å². The Morgan fingerprint density at radius 2 is 2.00 bits per heavy atom. The Balaban J connectivity index is 1.68. The molecule has 0 atom stereocenters. The molecule has 1 aromatic rings. The third-order valence-electron chi connectivity index (χ3n) is 3.41. The maximum Gasteiger partial charge on any atom is 0.00683 e. The maximum atomic E-state index is 3.52. The highest BCUT2D eigenvalue weighted by molar-refractivity contribution is 5.30. The zero-order valence-electron chi connectivity index (χ0n) is 11.0. The average molecular weight is 229 g/mol. The van der Waals surface area contributed by atoms with Gasteiger partial charge in [-0.3, -0.25) is 0 Å². The molecule has 0 aliphatic heterocycles. The molecule has 0 saturated heterocycles. The van der Waals surface area contributed by atoms with Gasteiger partial charge in [0.25, 0.3) is 0 Å². The quantitative estimate of drug-likeness (QED) is 0.581. The minimum Gasteiger partial charge on any atom is -0.314 e. The number of hydrogen-bond donors (Lipinski definition) is 1. The summed E-state index contributed by atoms with van der Waals surface area (Å²) < 4.78 is 0. The summed E-state index contributed by atoms with van der Waals surface area (Å²) in [5.41, 5.74) is 4.19. The normalized spacial score (nSPS) is 15.6. The molecule has 0 amide bonds. The van der Waals surface area contributed by atoms with Gasteiger partial charge >= 0.3 is 0 Å². The fourth-order valence-electron chi connectivity index (χ4n) is 1.93. The zero-order chi connectivity index (χ0) is 12.1. The van der Waals surface area contributed by atoms with Crippen molar-refractivity contribution in [3.05, 3.63) is 47.0 Å². The highest BCUT2D eigenvalue weighted by atomic mass is 14.9. The SMILES string of the molecule is Cc1ccc(CC=CCCNC2CC2)cc1C. The lowest BCUT2D eigenvalue weighted by Gasteiger charge is -2.02. The van der Waals surface area contributed by atoms with Crippen molar-refractivity contribution < 1.29 is 0 Å². The van der Waals surface area contributed by atoms with Crippen LogP contribution in [0.15, 0.2) is 30.4 Å². The second kappa shape index (κ2) is 6.02. The Labute approximate surface area is 105 Å². The van der Waals surface area contributed by atoms with E-state index in [0.717, 1.165) is 25.4 Å². The summed E-state index contributed by atoms with van der Waals surface area (Å²) in [6, 6.07) is 7.58. The topological polar surface area (TPSA) is 12.0 Å². The molecular formula is C16H23N. The van der Waals surface area contributed by atoms with E-state index in [4.69, 9.17) is 0 Å². The van der Waals surface area contributed by atoms with Gasteiger partial charge in [-0.1, -0.05) is 30.4 Å². The summed E-state index contributed by atoms with van der Waals surface area (Å²) in [5.74, 6) is 0. The largest absolute Gasteiger partial charge is 0.314 e. The second-order valence-corrected chi connectivity index (χ2v) is 5.11. The van der Waals surface area contributed by atoms with Crippen LogP contribution in [0.3, 0.4) is 0 Å². The molecule has 1 N–H and O–H groups in total. The van der Waals surface area contributed by atoms with E-state index < -0.39 is 0 Å². The molecule has 1 saturated carbocycles. The third-order valence-corrected chi connectivity index (χ3v) is 3.41. The number of benzene rings is 1. The highest BCUT2D eigenvalue weighted by Gasteiger charge is 2.19. The Kier molecular flexibility index (Phi) is 4.38. The van der Waals surface area contributed by atoms with Crippen LogP contribution in [0.1, 0.15) is 36.0 Å². The standard InChI is InChI=1S/C16H23N/c1-13-7-8-15(12-14(13)2)6-4-3-5-11-17-16-9-10-16/h3-4,7-8,12,16-17H,5-6,9-11H2,1-2H3. The van der Waals surface area contributed by atoms with Crippen molar-refractivity contribution in [2.24, 2.45) is 0 Å². The first-order chi connectivity index (χ1) is 8.25. The van der Waals surface area contributed by atoms with E-state index >= 15 is 0 Å². The fraction of sp³-hybridized carbons (Fsp3) is 0.500. The molecule has 1 fully saturated rings. The molecule has 0 radical (unpaired) electrons. The smallest absolute Gasteiger partial charge is 0.00683 e. The van der Waals surface area contributed by atoms with Crippen molar-refractivity contribution in [3.8, 4) is 0 Å². The molecule has 0 spiro atoms. The summed E-state index contributed by atoms with van der Waals surface area (Å²) in [6.45, 7) is 5.48. The van der Waals surface area contributed by atoms with E-state index in [0.29, 0.717) is 0 Å². The lowest BCUT2D eigenvalue weighted by Crippen LogP contribution is -2.16. The van der Waals surface area contributed by atoms with Gasteiger partial charge in [0.05, 0.1) is 0 Å². The molecule has 1 aliphatic carbocycles. The lowest BCUT2D eigenvalue weighted by molar-refractivity contribution is 0.690. The lowest BCUT2D eigenvalue weighted by atomic mass is 10.0. The molecule has 0 heterocycles. The molecule has 0 bridgehead atoms. The van der Waals surface area contributed by atoms with Crippen LogP contribution in [0, 0.1) is 13.8 Å². The average Bonchev–Trinajstić information content (AvgIpc) is 3.12.